The number of carboxylic acid groups (broad SMARTS) is 1. The summed E-state index contributed by atoms with van der Waals surface area (Å²) in [6.45, 7) is 6.96. The number of carboxylic acids is 1. The van der Waals surface area contributed by atoms with Crippen molar-refractivity contribution in [1.82, 2.24) is 14.5 Å². The van der Waals surface area contributed by atoms with Gasteiger partial charge in [0.2, 0.25) is 0 Å². The van der Waals surface area contributed by atoms with Crippen molar-refractivity contribution in [2.45, 2.75) is 65.3 Å². The second-order valence-electron chi connectivity index (χ2n) is 7.84. The maximum Gasteiger partial charge on any atom is 0.311 e. The van der Waals surface area contributed by atoms with Gasteiger partial charge in [-0.1, -0.05) is 43.2 Å². The molecule has 1 aliphatic heterocycles. The van der Waals surface area contributed by atoms with Gasteiger partial charge >= 0.3 is 5.97 Å². The van der Waals surface area contributed by atoms with Crippen molar-refractivity contribution < 1.29 is 9.90 Å². The lowest BCUT2D eigenvalue weighted by Crippen LogP contribution is -2.16. The van der Waals surface area contributed by atoms with Crippen LogP contribution in [0.2, 0.25) is 0 Å². The minimum atomic E-state index is -0.788. The first-order valence-corrected chi connectivity index (χ1v) is 10.2. The zero-order chi connectivity index (χ0) is 19.8. The number of hydrogen-bond acceptors (Lipinski definition) is 3. The van der Waals surface area contributed by atoms with Gasteiger partial charge in [-0.3, -0.25) is 4.79 Å². The molecule has 0 radical (unpaired) electrons. The lowest BCUT2D eigenvalue weighted by atomic mass is 9.86. The molecule has 5 nitrogen and oxygen atoms in total. The van der Waals surface area contributed by atoms with Crippen LogP contribution in [-0.4, -0.2) is 25.6 Å². The number of imidazole rings is 1. The monoisotopic (exact) mass is 377 g/mol. The van der Waals surface area contributed by atoms with Crippen LogP contribution in [0.4, 0.5) is 0 Å². The Morgan fingerprint density at radius 1 is 1.18 bits per heavy atom. The molecular formula is C23H27N3O2. The van der Waals surface area contributed by atoms with Crippen molar-refractivity contribution >= 4 is 17.1 Å². The van der Waals surface area contributed by atoms with Crippen molar-refractivity contribution in [2.24, 2.45) is 0 Å². The Labute approximate surface area is 165 Å². The summed E-state index contributed by atoms with van der Waals surface area (Å²) in [7, 11) is 0. The number of carbonyl (C=O) groups is 1. The first kappa shape index (κ1) is 18.7. The smallest absolute Gasteiger partial charge is 0.311 e. The molecule has 0 saturated heterocycles. The molecule has 28 heavy (non-hydrogen) atoms. The molecule has 3 aromatic rings. The van der Waals surface area contributed by atoms with Crippen LogP contribution in [0, 0.1) is 13.8 Å². The Hall–Kier alpha value is -2.69. The highest BCUT2D eigenvalue weighted by atomic mass is 16.4. The molecule has 2 aromatic heterocycles. The summed E-state index contributed by atoms with van der Waals surface area (Å²) in [6, 6.07) is 8.31. The molecule has 0 fully saturated rings. The average molecular weight is 377 g/mol. The summed E-state index contributed by atoms with van der Waals surface area (Å²) < 4.78 is 2.23. The standard InChI is InChI=1S/C23H27N3O2/c1-4-7-17(23(27)28)19-15(3)24-22-21(25-18-8-5-6-13-26(18)22)20(19)16-11-9-14(2)10-12-16/h9-12,17H,4-8,13H2,1-3H3,(H,27,28). The topological polar surface area (TPSA) is 68.0 Å². The van der Waals surface area contributed by atoms with Gasteiger partial charge in [-0.2, -0.15) is 0 Å². The maximum atomic E-state index is 12.2. The van der Waals surface area contributed by atoms with Gasteiger partial charge in [0, 0.05) is 24.2 Å². The Kier molecular flexibility index (Phi) is 4.92. The zero-order valence-corrected chi connectivity index (χ0v) is 16.8. The SMILES string of the molecule is CCCC(C(=O)O)c1c(C)nc2c(nc3n2CCCC3)c1-c1ccc(C)cc1. The van der Waals surface area contributed by atoms with Crippen molar-refractivity contribution in [2.75, 3.05) is 0 Å². The molecule has 0 spiro atoms. The van der Waals surface area contributed by atoms with E-state index in [0.717, 1.165) is 71.6 Å². The molecule has 146 valence electrons. The Morgan fingerprint density at radius 2 is 1.93 bits per heavy atom. The molecule has 1 unspecified atom stereocenters. The van der Waals surface area contributed by atoms with Gasteiger partial charge in [0.05, 0.1) is 5.92 Å². The molecule has 0 saturated carbocycles. The number of aromatic nitrogens is 3. The van der Waals surface area contributed by atoms with E-state index in [9.17, 15) is 9.90 Å². The van der Waals surface area contributed by atoms with Gasteiger partial charge in [-0.05, 0) is 44.2 Å². The highest BCUT2D eigenvalue weighted by Gasteiger charge is 2.29. The number of rotatable bonds is 5. The fourth-order valence-corrected chi connectivity index (χ4v) is 4.40. The predicted molar refractivity (Wildman–Crippen MR) is 111 cm³/mol. The highest BCUT2D eigenvalue weighted by molar-refractivity contribution is 5.95. The average Bonchev–Trinajstić information content (AvgIpc) is 3.04. The Morgan fingerprint density at radius 3 is 2.61 bits per heavy atom. The summed E-state index contributed by atoms with van der Waals surface area (Å²) in [5.41, 5.74) is 6.52. The van der Waals surface area contributed by atoms with Gasteiger partial charge in [0.25, 0.3) is 0 Å². The Bertz CT molecular complexity index is 1030. The van der Waals surface area contributed by atoms with Crippen molar-refractivity contribution in [3.05, 3.63) is 46.9 Å². The van der Waals surface area contributed by atoms with Gasteiger partial charge < -0.3 is 9.67 Å². The molecular weight excluding hydrogens is 350 g/mol. The van der Waals surface area contributed by atoms with E-state index >= 15 is 0 Å². The molecule has 0 bridgehead atoms. The van der Waals surface area contributed by atoms with E-state index in [1.54, 1.807) is 0 Å². The van der Waals surface area contributed by atoms with Gasteiger partial charge in [-0.25, -0.2) is 9.97 Å². The zero-order valence-electron chi connectivity index (χ0n) is 16.8. The number of aryl methyl sites for hydroxylation is 4. The first-order chi connectivity index (χ1) is 13.5. The van der Waals surface area contributed by atoms with E-state index in [1.165, 1.54) is 5.56 Å². The second kappa shape index (κ2) is 7.38. The van der Waals surface area contributed by atoms with Crippen molar-refractivity contribution in [3.8, 4) is 11.1 Å². The largest absolute Gasteiger partial charge is 0.481 e. The minimum absolute atomic E-state index is 0.572. The number of fused-ring (bicyclic) bond motifs is 3. The molecule has 1 N–H and O–H groups in total. The van der Waals surface area contributed by atoms with Crippen LogP contribution in [0.15, 0.2) is 24.3 Å². The van der Waals surface area contributed by atoms with Crippen LogP contribution in [-0.2, 0) is 17.8 Å². The molecule has 5 heteroatoms. The fraction of sp³-hybridized carbons (Fsp3) is 0.435. The number of nitrogens with zero attached hydrogens (tertiary/aromatic N) is 3. The Balaban J connectivity index is 2.07. The molecule has 0 aliphatic carbocycles. The highest BCUT2D eigenvalue weighted by Crippen LogP contribution is 2.39. The van der Waals surface area contributed by atoms with E-state index in [2.05, 4.69) is 35.8 Å². The van der Waals surface area contributed by atoms with E-state index in [1.807, 2.05) is 13.8 Å². The summed E-state index contributed by atoms with van der Waals surface area (Å²) in [5.74, 6) is -0.290. The van der Waals surface area contributed by atoms with Crippen LogP contribution in [0.1, 0.15) is 61.2 Å². The molecule has 0 amide bonds. The summed E-state index contributed by atoms with van der Waals surface area (Å²) in [4.78, 5) is 22.0. The van der Waals surface area contributed by atoms with Crippen LogP contribution in [0.3, 0.4) is 0 Å². The third-order valence-corrected chi connectivity index (χ3v) is 5.79. The van der Waals surface area contributed by atoms with E-state index in [-0.39, 0.29) is 0 Å². The van der Waals surface area contributed by atoms with Crippen molar-refractivity contribution in [3.63, 3.8) is 0 Å². The molecule has 4 rings (SSSR count). The van der Waals surface area contributed by atoms with Crippen LogP contribution >= 0.6 is 0 Å². The van der Waals surface area contributed by atoms with Crippen molar-refractivity contribution in [1.29, 1.82) is 0 Å². The maximum absolute atomic E-state index is 12.2. The second-order valence-corrected chi connectivity index (χ2v) is 7.84. The number of benzene rings is 1. The number of hydrogen-bond donors (Lipinski definition) is 1. The van der Waals surface area contributed by atoms with Gasteiger partial charge in [0.1, 0.15) is 11.3 Å². The minimum Gasteiger partial charge on any atom is -0.481 e. The molecule has 1 aliphatic rings. The van der Waals surface area contributed by atoms with Gasteiger partial charge in [0.15, 0.2) is 5.65 Å². The summed E-state index contributed by atoms with van der Waals surface area (Å²) >= 11 is 0. The summed E-state index contributed by atoms with van der Waals surface area (Å²) in [5, 5.41) is 9.98. The number of aliphatic carboxylic acids is 1. The lowest BCUT2D eigenvalue weighted by Gasteiger charge is -2.20. The third kappa shape index (κ3) is 3.09. The predicted octanol–water partition coefficient (Wildman–Crippen LogP) is 5.02. The third-order valence-electron chi connectivity index (χ3n) is 5.79. The fourth-order valence-electron chi connectivity index (χ4n) is 4.40. The van der Waals surface area contributed by atoms with Crippen LogP contribution < -0.4 is 0 Å². The van der Waals surface area contributed by atoms with E-state index in [4.69, 9.17) is 9.97 Å². The normalized spacial score (nSPS) is 14.8. The molecule has 1 aromatic carbocycles. The molecule has 1 atom stereocenters. The first-order valence-electron chi connectivity index (χ1n) is 10.2. The van der Waals surface area contributed by atoms with Crippen LogP contribution in [0.5, 0.6) is 0 Å². The lowest BCUT2D eigenvalue weighted by molar-refractivity contribution is -0.139. The van der Waals surface area contributed by atoms with E-state index < -0.39 is 11.9 Å². The van der Waals surface area contributed by atoms with E-state index in [0.29, 0.717) is 6.42 Å². The van der Waals surface area contributed by atoms with Crippen LogP contribution in [0.25, 0.3) is 22.3 Å². The molecule has 3 heterocycles. The quantitative estimate of drug-likeness (QED) is 0.678. The van der Waals surface area contributed by atoms with Gasteiger partial charge in [-0.15, -0.1) is 0 Å². The summed E-state index contributed by atoms with van der Waals surface area (Å²) in [6.07, 6.45) is 4.63. The number of pyridine rings is 1.